The molecule has 1 heterocycles. The van der Waals surface area contributed by atoms with E-state index in [0.717, 1.165) is 32.1 Å². The predicted octanol–water partition coefficient (Wildman–Crippen LogP) is 3.52. The van der Waals surface area contributed by atoms with Gasteiger partial charge < -0.3 is 5.11 Å². The zero-order chi connectivity index (χ0) is 13.5. The minimum Gasteiger partial charge on any atom is -0.390 e. The van der Waals surface area contributed by atoms with E-state index in [4.69, 9.17) is 0 Å². The van der Waals surface area contributed by atoms with E-state index in [0.29, 0.717) is 5.92 Å². The highest BCUT2D eigenvalue weighted by Gasteiger charge is 2.48. The zero-order valence-electron chi connectivity index (χ0n) is 12.2. The Hall–Kier alpha value is -0.890. The van der Waals surface area contributed by atoms with E-state index in [2.05, 4.69) is 24.9 Å². The molecular formula is C17H25NO. The van der Waals surface area contributed by atoms with Crippen LogP contribution in [0.3, 0.4) is 0 Å². The van der Waals surface area contributed by atoms with Gasteiger partial charge in [0.05, 0.1) is 5.60 Å². The number of hydrogen-bond donors (Lipinski definition) is 1. The molecule has 0 aliphatic heterocycles. The van der Waals surface area contributed by atoms with Crippen molar-refractivity contribution in [2.45, 2.75) is 64.4 Å². The zero-order valence-corrected chi connectivity index (χ0v) is 12.2. The summed E-state index contributed by atoms with van der Waals surface area (Å²) in [6, 6.07) is 4.24. The number of aryl methyl sites for hydroxylation is 1. The van der Waals surface area contributed by atoms with Gasteiger partial charge in [-0.2, -0.15) is 0 Å². The van der Waals surface area contributed by atoms with Crippen molar-refractivity contribution in [2.24, 2.45) is 11.3 Å². The lowest BCUT2D eigenvalue weighted by atomic mass is 9.57. The van der Waals surface area contributed by atoms with Crippen molar-refractivity contribution < 1.29 is 5.11 Å². The van der Waals surface area contributed by atoms with Gasteiger partial charge in [-0.1, -0.05) is 26.3 Å². The Kier molecular flexibility index (Phi) is 3.17. The molecule has 0 aromatic carbocycles. The van der Waals surface area contributed by atoms with Gasteiger partial charge in [-0.05, 0) is 61.5 Å². The van der Waals surface area contributed by atoms with E-state index in [9.17, 15) is 5.11 Å². The number of aliphatic hydroxyl groups is 1. The third-order valence-corrected chi connectivity index (χ3v) is 5.45. The van der Waals surface area contributed by atoms with Gasteiger partial charge >= 0.3 is 0 Å². The first-order chi connectivity index (χ1) is 9.01. The molecule has 0 amide bonds. The molecular weight excluding hydrogens is 234 g/mol. The molecule has 2 aliphatic carbocycles. The minimum absolute atomic E-state index is 0.234. The minimum atomic E-state index is -0.449. The summed E-state index contributed by atoms with van der Waals surface area (Å²) in [5.74, 6) is 0.372. The van der Waals surface area contributed by atoms with Crippen LogP contribution in [-0.2, 0) is 12.8 Å². The van der Waals surface area contributed by atoms with Gasteiger partial charge in [-0.15, -0.1) is 0 Å². The highest BCUT2D eigenvalue weighted by Crippen LogP contribution is 2.50. The smallest absolute Gasteiger partial charge is 0.0684 e. The van der Waals surface area contributed by atoms with Crippen molar-refractivity contribution in [1.29, 1.82) is 0 Å². The van der Waals surface area contributed by atoms with E-state index in [1.807, 2.05) is 12.3 Å². The average molecular weight is 259 g/mol. The van der Waals surface area contributed by atoms with Gasteiger partial charge in [0, 0.05) is 11.9 Å². The summed E-state index contributed by atoms with van der Waals surface area (Å²) >= 11 is 0. The number of pyridine rings is 1. The molecule has 1 fully saturated rings. The van der Waals surface area contributed by atoms with Crippen LogP contribution in [0.5, 0.6) is 0 Å². The lowest BCUT2D eigenvalue weighted by Gasteiger charge is -2.51. The molecule has 1 saturated carbocycles. The third-order valence-electron chi connectivity index (χ3n) is 5.45. The fourth-order valence-corrected chi connectivity index (χ4v) is 4.36. The first kappa shape index (κ1) is 13.1. The highest BCUT2D eigenvalue weighted by molar-refractivity contribution is 5.23. The van der Waals surface area contributed by atoms with Crippen LogP contribution >= 0.6 is 0 Å². The maximum absolute atomic E-state index is 11.1. The van der Waals surface area contributed by atoms with Crippen LogP contribution in [0.25, 0.3) is 0 Å². The molecule has 0 saturated heterocycles. The molecule has 0 radical (unpaired) electrons. The maximum Gasteiger partial charge on any atom is 0.0684 e. The van der Waals surface area contributed by atoms with E-state index in [-0.39, 0.29) is 5.41 Å². The lowest BCUT2D eigenvalue weighted by Crippen LogP contribution is -2.50. The second-order valence-electron chi connectivity index (χ2n) is 7.17. The highest BCUT2D eigenvalue weighted by atomic mass is 16.3. The number of nitrogens with zero attached hydrogens (tertiary/aromatic N) is 1. The van der Waals surface area contributed by atoms with Crippen LogP contribution in [-0.4, -0.2) is 15.7 Å². The van der Waals surface area contributed by atoms with Crippen molar-refractivity contribution in [1.82, 2.24) is 4.98 Å². The molecule has 2 nitrogen and oxygen atoms in total. The predicted molar refractivity (Wildman–Crippen MR) is 77.0 cm³/mol. The SMILES string of the molecule is CC1(C)CCC[C@@]2(O)CCCc3ncccc3C[C@H]12. The van der Waals surface area contributed by atoms with Crippen LogP contribution in [0.4, 0.5) is 0 Å². The summed E-state index contributed by atoms with van der Waals surface area (Å²) < 4.78 is 0. The fraction of sp³-hybridized carbons (Fsp3) is 0.706. The third kappa shape index (κ3) is 2.31. The van der Waals surface area contributed by atoms with Gasteiger partial charge in [0.2, 0.25) is 0 Å². The molecule has 2 atom stereocenters. The molecule has 1 aromatic heterocycles. The van der Waals surface area contributed by atoms with Crippen molar-refractivity contribution in [3.8, 4) is 0 Å². The van der Waals surface area contributed by atoms with Gasteiger partial charge in [0.15, 0.2) is 0 Å². The van der Waals surface area contributed by atoms with Gasteiger partial charge in [0.1, 0.15) is 0 Å². The van der Waals surface area contributed by atoms with Crippen molar-refractivity contribution in [3.05, 3.63) is 29.6 Å². The molecule has 3 rings (SSSR count). The van der Waals surface area contributed by atoms with E-state index in [1.165, 1.54) is 24.1 Å². The Morgan fingerprint density at radius 1 is 1.21 bits per heavy atom. The molecule has 1 aromatic rings. The standard InChI is InChI=1S/C17H25NO/c1-16(2)8-5-10-17(19)9-3-7-14-13(12-15(16)17)6-4-11-18-14/h4,6,11,15,19H,3,5,7-10,12H2,1-2H3/t15-,17+/m1/s1. The summed E-state index contributed by atoms with van der Waals surface area (Å²) in [4.78, 5) is 4.55. The Morgan fingerprint density at radius 3 is 2.84 bits per heavy atom. The van der Waals surface area contributed by atoms with Crippen LogP contribution in [0.15, 0.2) is 18.3 Å². The quantitative estimate of drug-likeness (QED) is 0.773. The second-order valence-corrected chi connectivity index (χ2v) is 7.17. The Morgan fingerprint density at radius 2 is 2.00 bits per heavy atom. The first-order valence-corrected chi connectivity index (χ1v) is 7.66. The summed E-state index contributed by atoms with van der Waals surface area (Å²) in [6.45, 7) is 4.67. The van der Waals surface area contributed by atoms with Crippen LogP contribution in [0.2, 0.25) is 0 Å². The maximum atomic E-state index is 11.1. The van der Waals surface area contributed by atoms with Crippen LogP contribution < -0.4 is 0 Å². The molecule has 0 unspecified atom stereocenters. The average Bonchev–Trinajstić information content (AvgIpc) is 2.33. The Balaban J connectivity index is 2.00. The summed E-state index contributed by atoms with van der Waals surface area (Å²) in [6.07, 6.45) is 9.30. The lowest BCUT2D eigenvalue weighted by molar-refractivity contribution is -0.109. The largest absolute Gasteiger partial charge is 0.390 e. The molecule has 1 N–H and O–H groups in total. The van der Waals surface area contributed by atoms with Crippen molar-refractivity contribution >= 4 is 0 Å². The Labute approximate surface area is 116 Å². The van der Waals surface area contributed by atoms with Crippen LogP contribution in [0.1, 0.15) is 57.2 Å². The van der Waals surface area contributed by atoms with Gasteiger partial charge in [0.25, 0.3) is 0 Å². The monoisotopic (exact) mass is 259 g/mol. The van der Waals surface area contributed by atoms with E-state index < -0.39 is 5.60 Å². The molecule has 2 heteroatoms. The summed E-state index contributed by atoms with van der Waals surface area (Å²) in [5.41, 5.74) is 2.40. The van der Waals surface area contributed by atoms with E-state index >= 15 is 0 Å². The van der Waals surface area contributed by atoms with E-state index in [1.54, 1.807) is 0 Å². The van der Waals surface area contributed by atoms with Gasteiger partial charge in [-0.25, -0.2) is 0 Å². The van der Waals surface area contributed by atoms with Gasteiger partial charge in [-0.3, -0.25) is 4.98 Å². The molecule has 19 heavy (non-hydrogen) atoms. The van der Waals surface area contributed by atoms with Crippen LogP contribution in [0, 0.1) is 11.3 Å². The molecule has 2 aliphatic rings. The normalized spacial score (nSPS) is 33.7. The second kappa shape index (κ2) is 4.59. The van der Waals surface area contributed by atoms with Crippen molar-refractivity contribution in [3.63, 3.8) is 0 Å². The summed E-state index contributed by atoms with van der Waals surface area (Å²) in [5, 5.41) is 11.1. The summed E-state index contributed by atoms with van der Waals surface area (Å²) in [7, 11) is 0. The number of hydrogen-bond acceptors (Lipinski definition) is 2. The molecule has 0 spiro atoms. The van der Waals surface area contributed by atoms with Crippen molar-refractivity contribution in [2.75, 3.05) is 0 Å². The topological polar surface area (TPSA) is 33.1 Å². The molecule has 0 bridgehead atoms. The number of aromatic nitrogens is 1. The number of fused-ring (bicyclic) bond motifs is 2. The number of rotatable bonds is 0. The molecule has 104 valence electrons. The Bertz CT molecular complexity index is 468. The fourth-order valence-electron chi connectivity index (χ4n) is 4.36. The first-order valence-electron chi connectivity index (χ1n) is 7.66.